The Morgan fingerprint density at radius 3 is 2.67 bits per heavy atom. The predicted octanol–water partition coefficient (Wildman–Crippen LogP) is 2.40. The fourth-order valence-electron chi connectivity index (χ4n) is 3.26. The van der Waals surface area contributed by atoms with E-state index in [4.69, 9.17) is 0 Å². The molecule has 1 aliphatic rings. The van der Waals surface area contributed by atoms with Gasteiger partial charge in [0.25, 0.3) is 0 Å². The summed E-state index contributed by atoms with van der Waals surface area (Å²) in [5.41, 5.74) is 1.71. The lowest BCUT2D eigenvalue weighted by atomic mass is 9.76. The van der Waals surface area contributed by atoms with Crippen molar-refractivity contribution in [2.45, 2.75) is 53.6 Å². The molecule has 1 atom stereocenters. The van der Waals surface area contributed by atoms with Crippen molar-refractivity contribution in [1.82, 2.24) is 14.7 Å². The van der Waals surface area contributed by atoms with Crippen molar-refractivity contribution in [1.29, 1.82) is 0 Å². The molecule has 0 bridgehead atoms. The van der Waals surface area contributed by atoms with Gasteiger partial charge in [0.15, 0.2) is 0 Å². The first-order valence-corrected chi connectivity index (χ1v) is 7.94. The number of hydrogen-bond acceptors (Lipinski definition) is 3. The van der Waals surface area contributed by atoms with Gasteiger partial charge in [0.05, 0.1) is 16.8 Å². The number of carboxylic acid groups (broad SMARTS) is 1. The van der Waals surface area contributed by atoms with Crippen molar-refractivity contribution >= 4 is 5.97 Å². The lowest BCUT2D eigenvalue weighted by molar-refractivity contribution is -0.151. The Labute approximate surface area is 126 Å². The van der Waals surface area contributed by atoms with Crippen LogP contribution in [0.25, 0.3) is 0 Å². The number of hydrogen-bond donors (Lipinski definition) is 1. The van der Waals surface area contributed by atoms with Gasteiger partial charge < -0.3 is 5.11 Å². The second-order valence-electron chi connectivity index (χ2n) is 6.37. The molecule has 0 saturated carbocycles. The molecule has 0 amide bonds. The summed E-state index contributed by atoms with van der Waals surface area (Å²) >= 11 is 0. The minimum Gasteiger partial charge on any atom is -0.481 e. The van der Waals surface area contributed by atoms with Crippen molar-refractivity contribution in [3.05, 3.63) is 17.5 Å². The van der Waals surface area contributed by atoms with Crippen LogP contribution in [0.15, 0.2) is 6.07 Å². The van der Waals surface area contributed by atoms with Gasteiger partial charge in [-0.25, -0.2) is 0 Å². The van der Waals surface area contributed by atoms with Crippen LogP contribution in [0.1, 0.15) is 45.5 Å². The molecule has 0 aromatic carbocycles. The van der Waals surface area contributed by atoms with E-state index >= 15 is 0 Å². The molecule has 0 spiro atoms. The highest BCUT2D eigenvalue weighted by Gasteiger charge is 2.47. The summed E-state index contributed by atoms with van der Waals surface area (Å²) in [6.45, 7) is 11.4. The van der Waals surface area contributed by atoms with Gasteiger partial charge in [0.2, 0.25) is 0 Å². The summed E-state index contributed by atoms with van der Waals surface area (Å²) < 4.78 is 2.04. The molecular formula is C16H27N3O2. The van der Waals surface area contributed by atoms with E-state index < -0.39 is 11.4 Å². The molecule has 1 N–H and O–H groups in total. The van der Waals surface area contributed by atoms with E-state index in [1.807, 2.05) is 18.5 Å². The number of rotatable bonds is 6. The number of likely N-dealkylation sites (tertiary alicyclic amines) is 1. The molecule has 2 rings (SSSR count). The number of carboxylic acids is 1. The molecule has 21 heavy (non-hydrogen) atoms. The summed E-state index contributed by atoms with van der Waals surface area (Å²) in [6, 6.07) is 2.15. The fourth-order valence-corrected chi connectivity index (χ4v) is 3.26. The van der Waals surface area contributed by atoms with E-state index in [9.17, 15) is 9.90 Å². The van der Waals surface area contributed by atoms with Gasteiger partial charge in [0, 0.05) is 19.6 Å². The van der Waals surface area contributed by atoms with Gasteiger partial charge in [-0.05, 0) is 38.3 Å². The van der Waals surface area contributed by atoms with E-state index in [2.05, 4.69) is 29.9 Å². The molecular weight excluding hydrogens is 266 g/mol. The summed E-state index contributed by atoms with van der Waals surface area (Å²) in [7, 11) is 0. The molecule has 5 nitrogen and oxygen atoms in total. The van der Waals surface area contributed by atoms with Gasteiger partial charge in [-0.15, -0.1) is 0 Å². The second kappa shape index (κ2) is 6.18. The van der Waals surface area contributed by atoms with Gasteiger partial charge in [-0.1, -0.05) is 20.8 Å². The van der Waals surface area contributed by atoms with Crippen LogP contribution in [0.3, 0.4) is 0 Å². The van der Waals surface area contributed by atoms with Crippen LogP contribution >= 0.6 is 0 Å². The van der Waals surface area contributed by atoms with Crippen LogP contribution in [-0.2, 0) is 24.3 Å². The summed E-state index contributed by atoms with van der Waals surface area (Å²) in [4.78, 5) is 14.0. The molecule has 118 valence electrons. The van der Waals surface area contributed by atoms with Crippen molar-refractivity contribution in [2.24, 2.45) is 11.3 Å². The first kappa shape index (κ1) is 16.0. The average Bonchev–Trinajstić information content (AvgIpc) is 3.03. The Hall–Kier alpha value is -1.36. The SMILES string of the molecule is CCc1cc(CN2CCC(C(=O)O)(C(C)C)C2)n(CC)n1. The standard InChI is InChI=1S/C16H27N3O2/c1-5-13-9-14(19(6-2)17-13)10-18-8-7-16(11-18,12(3)4)15(20)21/h9,12H,5-8,10-11H2,1-4H3,(H,20,21). The quantitative estimate of drug-likeness (QED) is 0.875. The Bertz CT molecular complexity index is 510. The van der Waals surface area contributed by atoms with Crippen LogP contribution in [0, 0.1) is 11.3 Å². The zero-order chi connectivity index (χ0) is 15.6. The third-order valence-corrected chi connectivity index (χ3v) is 4.87. The highest BCUT2D eigenvalue weighted by molar-refractivity contribution is 5.75. The van der Waals surface area contributed by atoms with Crippen molar-refractivity contribution in [2.75, 3.05) is 13.1 Å². The van der Waals surface area contributed by atoms with Gasteiger partial charge in [-0.2, -0.15) is 5.10 Å². The summed E-state index contributed by atoms with van der Waals surface area (Å²) in [5, 5.41) is 14.2. The number of aliphatic carboxylic acids is 1. The van der Waals surface area contributed by atoms with Crippen LogP contribution in [0.4, 0.5) is 0 Å². The summed E-state index contributed by atoms with van der Waals surface area (Å²) in [6.07, 6.45) is 1.67. The Kier molecular flexibility index (Phi) is 4.71. The lowest BCUT2D eigenvalue weighted by Crippen LogP contribution is -2.39. The molecule has 0 aliphatic carbocycles. The zero-order valence-electron chi connectivity index (χ0n) is 13.6. The van der Waals surface area contributed by atoms with E-state index in [0.29, 0.717) is 6.54 Å². The summed E-state index contributed by atoms with van der Waals surface area (Å²) in [5.74, 6) is -0.500. The van der Waals surface area contributed by atoms with Crippen LogP contribution < -0.4 is 0 Å². The first-order chi connectivity index (χ1) is 9.92. The maximum atomic E-state index is 11.7. The Balaban J connectivity index is 2.12. The topological polar surface area (TPSA) is 58.4 Å². The third kappa shape index (κ3) is 2.98. The van der Waals surface area contributed by atoms with E-state index in [1.54, 1.807) is 0 Å². The minimum absolute atomic E-state index is 0.155. The largest absolute Gasteiger partial charge is 0.481 e. The fraction of sp³-hybridized carbons (Fsp3) is 0.750. The number of aryl methyl sites for hydroxylation is 2. The Morgan fingerprint density at radius 1 is 1.48 bits per heavy atom. The normalized spacial score (nSPS) is 23.1. The maximum absolute atomic E-state index is 11.7. The molecule has 1 fully saturated rings. The third-order valence-electron chi connectivity index (χ3n) is 4.87. The highest BCUT2D eigenvalue weighted by Crippen LogP contribution is 2.38. The lowest BCUT2D eigenvalue weighted by Gasteiger charge is -2.28. The first-order valence-electron chi connectivity index (χ1n) is 7.94. The van der Waals surface area contributed by atoms with E-state index in [1.165, 1.54) is 5.69 Å². The molecule has 5 heteroatoms. The predicted molar refractivity (Wildman–Crippen MR) is 82.1 cm³/mol. The van der Waals surface area contributed by atoms with Gasteiger partial charge >= 0.3 is 5.97 Å². The second-order valence-corrected chi connectivity index (χ2v) is 6.37. The highest BCUT2D eigenvalue weighted by atomic mass is 16.4. The van der Waals surface area contributed by atoms with Crippen LogP contribution in [-0.4, -0.2) is 38.8 Å². The smallest absolute Gasteiger partial charge is 0.311 e. The van der Waals surface area contributed by atoms with Crippen LogP contribution in [0.5, 0.6) is 0 Å². The van der Waals surface area contributed by atoms with Gasteiger partial charge in [-0.3, -0.25) is 14.4 Å². The average molecular weight is 293 g/mol. The molecule has 1 unspecified atom stereocenters. The van der Waals surface area contributed by atoms with E-state index in [0.717, 1.165) is 38.2 Å². The number of nitrogens with zero attached hydrogens (tertiary/aromatic N) is 3. The van der Waals surface area contributed by atoms with Gasteiger partial charge in [0.1, 0.15) is 0 Å². The molecule has 0 radical (unpaired) electrons. The minimum atomic E-state index is -0.654. The molecule has 1 aromatic rings. The number of aromatic nitrogens is 2. The zero-order valence-corrected chi connectivity index (χ0v) is 13.6. The maximum Gasteiger partial charge on any atom is 0.311 e. The van der Waals surface area contributed by atoms with Crippen molar-refractivity contribution in [3.8, 4) is 0 Å². The number of carbonyl (C=O) groups is 1. The van der Waals surface area contributed by atoms with Crippen LogP contribution in [0.2, 0.25) is 0 Å². The molecule has 1 saturated heterocycles. The van der Waals surface area contributed by atoms with E-state index in [-0.39, 0.29) is 5.92 Å². The Morgan fingerprint density at radius 2 is 2.19 bits per heavy atom. The van der Waals surface area contributed by atoms with Crippen molar-refractivity contribution < 1.29 is 9.90 Å². The molecule has 1 aromatic heterocycles. The van der Waals surface area contributed by atoms with Crippen molar-refractivity contribution in [3.63, 3.8) is 0 Å². The molecule has 1 aliphatic heterocycles. The molecule has 2 heterocycles. The monoisotopic (exact) mass is 293 g/mol.